The van der Waals surface area contributed by atoms with Crippen molar-refractivity contribution < 1.29 is 35.7 Å². The summed E-state index contributed by atoms with van der Waals surface area (Å²) in [5, 5.41) is 0. The molecule has 0 aromatic carbocycles. The lowest BCUT2D eigenvalue weighted by atomic mass is 9.87. The number of ether oxygens (including phenoxy) is 1. The summed E-state index contributed by atoms with van der Waals surface area (Å²) in [5.41, 5.74) is 0. The number of carbonyl (C=O) groups is 1. The molecule has 0 amide bonds. The van der Waals surface area contributed by atoms with Crippen molar-refractivity contribution in [3.63, 3.8) is 0 Å². The zero-order chi connectivity index (χ0) is 15.4. The monoisotopic (exact) mass is 318 g/mol. The molecule has 9 heteroatoms. The topological polar surface area (TPSA) is 80.7 Å². The van der Waals surface area contributed by atoms with Crippen molar-refractivity contribution in [2.24, 2.45) is 5.92 Å². The predicted octanol–water partition coefficient (Wildman–Crippen LogP) is 2.32. The fraction of sp³-hybridized carbons (Fsp3) is 0.909. The van der Waals surface area contributed by atoms with E-state index in [9.17, 15) is 26.4 Å². The predicted molar refractivity (Wildman–Crippen MR) is 63.5 cm³/mol. The van der Waals surface area contributed by atoms with Crippen LogP contribution in [-0.4, -0.2) is 37.0 Å². The van der Waals surface area contributed by atoms with Crippen LogP contribution in [0.3, 0.4) is 0 Å². The molecule has 0 radical (unpaired) electrons. The summed E-state index contributed by atoms with van der Waals surface area (Å²) in [6.45, 7) is 0. The highest BCUT2D eigenvalue weighted by Crippen LogP contribution is 2.28. The highest BCUT2D eigenvalue weighted by atomic mass is 32.2. The average Bonchev–Trinajstić information content (AvgIpc) is 2.26. The van der Waals surface area contributed by atoms with Gasteiger partial charge in [0.25, 0.3) is 10.1 Å². The van der Waals surface area contributed by atoms with Crippen molar-refractivity contribution in [3.05, 3.63) is 0 Å². The molecule has 5 nitrogen and oxygen atoms in total. The molecule has 1 fully saturated rings. The van der Waals surface area contributed by atoms with Crippen LogP contribution < -0.4 is 0 Å². The van der Waals surface area contributed by atoms with Crippen LogP contribution in [0.1, 0.15) is 38.5 Å². The minimum absolute atomic E-state index is 0.0177. The van der Waals surface area contributed by atoms with Gasteiger partial charge in [0.15, 0.2) is 0 Å². The molecule has 0 aromatic heterocycles. The largest absolute Gasteiger partial charge is 0.451 e. The molecule has 0 saturated heterocycles. The molecule has 0 bridgehead atoms. The molecule has 20 heavy (non-hydrogen) atoms. The van der Waals surface area contributed by atoms with Gasteiger partial charge >= 0.3 is 12.1 Å². The van der Waals surface area contributed by atoms with E-state index >= 15 is 0 Å². The standard InChI is InChI=1S/C11H17F3O5S/c12-11(13,14)9(7-20(16,17)18)19-10(15)6-8-4-2-1-3-5-8/h8-9H,1-7H2,(H,16,17,18). The Morgan fingerprint density at radius 3 is 2.25 bits per heavy atom. The van der Waals surface area contributed by atoms with Crippen LogP contribution in [-0.2, 0) is 19.6 Å². The molecule has 0 spiro atoms. The minimum Gasteiger partial charge on any atom is -0.451 e. The molecule has 1 atom stereocenters. The van der Waals surface area contributed by atoms with Crippen molar-refractivity contribution in [3.8, 4) is 0 Å². The maximum absolute atomic E-state index is 12.5. The Balaban J connectivity index is 2.57. The lowest BCUT2D eigenvalue weighted by molar-refractivity contribution is -0.215. The average molecular weight is 318 g/mol. The van der Waals surface area contributed by atoms with Crippen molar-refractivity contribution in [2.45, 2.75) is 50.8 Å². The van der Waals surface area contributed by atoms with Crippen LogP contribution in [0.5, 0.6) is 0 Å². The van der Waals surface area contributed by atoms with Gasteiger partial charge in [0, 0.05) is 6.42 Å². The first-order valence-corrected chi connectivity index (χ1v) is 7.90. The summed E-state index contributed by atoms with van der Waals surface area (Å²) < 4.78 is 71.3. The van der Waals surface area contributed by atoms with Gasteiger partial charge in [-0.2, -0.15) is 21.6 Å². The quantitative estimate of drug-likeness (QED) is 0.621. The first kappa shape index (κ1) is 17.2. The lowest BCUT2D eigenvalue weighted by Crippen LogP contribution is -2.39. The van der Waals surface area contributed by atoms with Crippen molar-refractivity contribution >= 4 is 16.1 Å². The first-order valence-electron chi connectivity index (χ1n) is 6.29. The number of halogens is 3. The van der Waals surface area contributed by atoms with Crippen LogP contribution in [0.4, 0.5) is 13.2 Å². The van der Waals surface area contributed by atoms with E-state index < -0.39 is 34.1 Å². The fourth-order valence-corrected chi connectivity index (χ4v) is 2.86. The maximum atomic E-state index is 12.5. The summed E-state index contributed by atoms with van der Waals surface area (Å²) in [6, 6.07) is 0. The molecule has 1 aliphatic carbocycles. The Morgan fingerprint density at radius 1 is 1.25 bits per heavy atom. The van der Waals surface area contributed by atoms with E-state index in [1.165, 1.54) is 0 Å². The van der Waals surface area contributed by atoms with Crippen LogP contribution in [0.25, 0.3) is 0 Å². The summed E-state index contributed by atoms with van der Waals surface area (Å²) >= 11 is 0. The van der Waals surface area contributed by atoms with E-state index in [1.807, 2.05) is 0 Å². The number of hydrogen-bond donors (Lipinski definition) is 1. The van der Waals surface area contributed by atoms with Gasteiger partial charge in [-0.05, 0) is 18.8 Å². The van der Waals surface area contributed by atoms with Crippen molar-refractivity contribution in [2.75, 3.05) is 5.75 Å². The van der Waals surface area contributed by atoms with Crippen LogP contribution in [0.2, 0.25) is 0 Å². The second kappa shape index (κ2) is 6.75. The van der Waals surface area contributed by atoms with Gasteiger partial charge in [0.1, 0.15) is 5.75 Å². The number of alkyl halides is 3. The van der Waals surface area contributed by atoms with Gasteiger partial charge in [-0.15, -0.1) is 0 Å². The van der Waals surface area contributed by atoms with Gasteiger partial charge < -0.3 is 4.74 Å². The summed E-state index contributed by atoms with van der Waals surface area (Å²) in [5.74, 6) is -2.77. The van der Waals surface area contributed by atoms with Gasteiger partial charge in [-0.25, -0.2) is 0 Å². The molecule has 1 N–H and O–H groups in total. The molecular weight excluding hydrogens is 301 g/mol. The zero-order valence-electron chi connectivity index (χ0n) is 10.7. The molecule has 1 unspecified atom stereocenters. The smallest absolute Gasteiger partial charge is 0.426 e. The molecule has 0 aliphatic heterocycles. The Hall–Kier alpha value is -0.830. The van der Waals surface area contributed by atoms with Crippen molar-refractivity contribution in [1.82, 2.24) is 0 Å². The number of rotatable bonds is 5. The highest BCUT2D eigenvalue weighted by Gasteiger charge is 2.45. The first-order chi connectivity index (χ1) is 9.08. The molecule has 1 aliphatic rings. The lowest BCUT2D eigenvalue weighted by Gasteiger charge is -2.23. The molecule has 118 valence electrons. The van der Waals surface area contributed by atoms with E-state index in [-0.39, 0.29) is 12.3 Å². The second-order valence-electron chi connectivity index (χ2n) is 4.98. The third-order valence-corrected chi connectivity index (χ3v) is 3.90. The van der Waals surface area contributed by atoms with Crippen LogP contribution in [0.15, 0.2) is 0 Å². The summed E-state index contributed by atoms with van der Waals surface area (Å²) in [7, 11) is -4.88. The molecule has 1 saturated carbocycles. The van der Waals surface area contributed by atoms with Crippen molar-refractivity contribution in [1.29, 1.82) is 0 Å². The molecule has 1 rings (SSSR count). The Labute approximate surface area is 115 Å². The summed E-state index contributed by atoms with van der Waals surface area (Å²) in [6.07, 6.45) is -3.62. The number of esters is 1. The zero-order valence-corrected chi connectivity index (χ0v) is 11.5. The van der Waals surface area contributed by atoms with E-state index in [4.69, 9.17) is 4.55 Å². The fourth-order valence-electron chi connectivity index (χ4n) is 2.22. The van der Waals surface area contributed by atoms with E-state index in [1.54, 1.807) is 0 Å². The van der Waals surface area contributed by atoms with Gasteiger partial charge in [0.2, 0.25) is 6.10 Å². The van der Waals surface area contributed by atoms with Gasteiger partial charge in [-0.1, -0.05) is 19.3 Å². The Bertz CT molecular complexity index is 426. The maximum Gasteiger partial charge on any atom is 0.426 e. The molecular formula is C11H17F3O5S. The van der Waals surface area contributed by atoms with Gasteiger partial charge in [0.05, 0.1) is 0 Å². The Morgan fingerprint density at radius 2 is 1.80 bits per heavy atom. The normalized spacial score (nSPS) is 19.6. The van der Waals surface area contributed by atoms with E-state index in [0.717, 1.165) is 32.1 Å². The number of hydrogen-bond acceptors (Lipinski definition) is 4. The Kier molecular flexibility index (Phi) is 5.81. The molecule has 0 aromatic rings. The SMILES string of the molecule is O=C(CC1CCCCC1)OC(CS(=O)(=O)O)C(F)(F)F. The summed E-state index contributed by atoms with van der Waals surface area (Å²) in [4.78, 5) is 11.5. The van der Waals surface area contributed by atoms with E-state index in [2.05, 4.69) is 4.74 Å². The third-order valence-electron chi connectivity index (χ3n) is 3.18. The molecule has 0 heterocycles. The number of carbonyl (C=O) groups excluding carboxylic acids is 1. The second-order valence-corrected chi connectivity index (χ2v) is 6.47. The van der Waals surface area contributed by atoms with E-state index in [0.29, 0.717) is 0 Å². The highest BCUT2D eigenvalue weighted by molar-refractivity contribution is 7.85. The van der Waals surface area contributed by atoms with Crippen LogP contribution in [0, 0.1) is 5.92 Å². The minimum atomic E-state index is -5.03. The third kappa shape index (κ3) is 6.56. The van der Waals surface area contributed by atoms with Gasteiger partial charge in [-0.3, -0.25) is 9.35 Å². The van der Waals surface area contributed by atoms with Crippen LogP contribution >= 0.6 is 0 Å².